The van der Waals surface area contributed by atoms with E-state index in [-0.39, 0.29) is 22.2 Å². The second-order valence-electron chi connectivity index (χ2n) is 4.41. The van der Waals surface area contributed by atoms with E-state index in [4.69, 9.17) is 5.11 Å². The molecule has 1 aromatic rings. The summed E-state index contributed by atoms with van der Waals surface area (Å²) in [6.07, 6.45) is 0. The number of carbonyl (C=O) groups is 2. The quantitative estimate of drug-likeness (QED) is 0.647. The van der Waals surface area contributed by atoms with E-state index in [0.717, 1.165) is 17.4 Å². The number of amides is 1. The third-order valence-electron chi connectivity index (χ3n) is 2.97. The van der Waals surface area contributed by atoms with E-state index in [1.807, 2.05) is 0 Å². The van der Waals surface area contributed by atoms with Crippen LogP contribution in [0.4, 0.5) is 0 Å². The van der Waals surface area contributed by atoms with Crippen LogP contribution >= 0.6 is 11.3 Å². The minimum atomic E-state index is -3.86. The van der Waals surface area contributed by atoms with Gasteiger partial charge >= 0.3 is 5.97 Å². The molecule has 1 saturated heterocycles. The van der Waals surface area contributed by atoms with Gasteiger partial charge in [-0.1, -0.05) is 0 Å². The highest BCUT2D eigenvalue weighted by Crippen LogP contribution is 2.19. The van der Waals surface area contributed by atoms with Crippen molar-refractivity contribution in [2.45, 2.75) is 4.21 Å². The Morgan fingerprint density at radius 1 is 1.38 bits per heavy atom. The normalized spacial score (nSPS) is 15.9. The molecule has 0 atom stereocenters. The van der Waals surface area contributed by atoms with Crippen LogP contribution < -0.4 is 10.0 Å². The van der Waals surface area contributed by atoms with Crippen LogP contribution in [0.2, 0.25) is 0 Å². The van der Waals surface area contributed by atoms with Crippen molar-refractivity contribution < 1.29 is 23.1 Å². The maximum atomic E-state index is 12.0. The van der Waals surface area contributed by atoms with Crippen molar-refractivity contribution in [3.05, 3.63) is 17.0 Å². The number of hydrogen-bond donors (Lipinski definition) is 3. The summed E-state index contributed by atoms with van der Waals surface area (Å²) >= 11 is 0.806. The Labute approximate surface area is 125 Å². The third kappa shape index (κ3) is 4.00. The lowest BCUT2D eigenvalue weighted by atomic mass is 10.3. The number of carbonyl (C=O) groups excluding carboxylic acids is 1. The molecule has 3 N–H and O–H groups in total. The molecule has 1 fully saturated rings. The van der Waals surface area contributed by atoms with Crippen LogP contribution in [0.5, 0.6) is 0 Å². The molecule has 0 spiro atoms. The fourth-order valence-corrected chi connectivity index (χ4v) is 4.00. The molecule has 2 rings (SSSR count). The molecule has 1 aromatic heterocycles. The first-order valence-electron chi connectivity index (χ1n) is 6.20. The molecule has 0 radical (unpaired) electrons. The van der Waals surface area contributed by atoms with Gasteiger partial charge in [0.05, 0.1) is 12.1 Å². The first-order valence-corrected chi connectivity index (χ1v) is 8.56. The van der Waals surface area contributed by atoms with Gasteiger partial charge in [-0.3, -0.25) is 4.79 Å². The van der Waals surface area contributed by atoms with Crippen LogP contribution in [0.3, 0.4) is 0 Å². The Balaban J connectivity index is 1.97. The molecule has 0 aromatic carbocycles. The average Bonchev–Trinajstić information content (AvgIpc) is 2.97. The molecule has 1 aliphatic rings. The fraction of sp³-hybridized carbons (Fsp3) is 0.455. The van der Waals surface area contributed by atoms with Gasteiger partial charge in [-0.15, -0.1) is 11.3 Å². The predicted molar refractivity (Wildman–Crippen MR) is 75.9 cm³/mol. The smallest absolute Gasteiger partial charge is 0.336 e. The number of carboxylic acid groups (broad SMARTS) is 1. The minimum absolute atomic E-state index is 0.0891. The van der Waals surface area contributed by atoms with Gasteiger partial charge in [-0.25, -0.2) is 17.9 Å². The summed E-state index contributed by atoms with van der Waals surface area (Å²) in [6.45, 7) is 2.13. The van der Waals surface area contributed by atoms with Crippen LogP contribution in [0.15, 0.2) is 15.7 Å². The number of rotatable bonds is 5. The number of nitrogens with zero attached hydrogens (tertiary/aromatic N) is 1. The summed E-state index contributed by atoms with van der Waals surface area (Å²) in [5, 5.41) is 13.1. The first kappa shape index (κ1) is 15.9. The monoisotopic (exact) mass is 333 g/mol. The number of nitrogens with one attached hydrogen (secondary N) is 2. The molecular formula is C11H15N3O5S2. The van der Waals surface area contributed by atoms with Gasteiger partial charge in [0.25, 0.3) is 10.0 Å². The lowest BCUT2D eigenvalue weighted by molar-refractivity contribution is -0.130. The summed E-state index contributed by atoms with van der Waals surface area (Å²) in [4.78, 5) is 24.2. The average molecular weight is 333 g/mol. The maximum Gasteiger partial charge on any atom is 0.336 e. The van der Waals surface area contributed by atoms with Crippen molar-refractivity contribution in [3.8, 4) is 0 Å². The van der Waals surface area contributed by atoms with E-state index in [9.17, 15) is 18.0 Å². The van der Waals surface area contributed by atoms with E-state index in [0.29, 0.717) is 26.2 Å². The Bertz CT molecular complexity index is 634. The summed E-state index contributed by atoms with van der Waals surface area (Å²) in [5.41, 5.74) is -0.0891. The molecule has 1 amide bonds. The number of aromatic carboxylic acids is 1. The molecule has 10 heteroatoms. The SMILES string of the molecule is O=C(O)c1csc(S(=O)(=O)NCC(=O)N2CCNCC2)c1. The van der Waals surface area contributed by atoms with E-state index < -0.39 is 16.0 Å². The van der Waals surface area contributed by atoms with Crippen molar-refractivity contribution in [1.82, 2.24) is 14.9 Å². The van der Waals surface area contributed by atoms with Crippen molar-refractivity contribution in [1.29, 1.82) is 0 Å². The van der Waals surface area contributed by atoms with Gasteiger partial charge in [0.2, 0.25) is 5.91 Å². The van der Waals surface area contributed by atoms with Crippen LogP contribution in [0, 0.1) is 0 Å². The zero-order chi connectivity index (χ0) is 15.5. The van der Waals surface area contributed by atoms with E-state index in [1.165, 1.54) is 5.38 Å². The van der Waals surface area contributed by atoms with Gasteiger partial charge in [-0.2, -0.15) is 0 Å². The zero-order valence-corrected chi connectivity index (χ0v) is 12.7. The van der Waals surface area contributed by atoms with E-state index in [2.05, 4.69) is 10.0 Å². The Morgan fingerprint density at radius 3 is 2.62 bits per heavy atom. The number of hydrogen-bond acceptors (Lipinski definition) is 6. The van der Waals surface area contributed by atoms with Crippen LogP contribution in [-0.4, -0.2) is 63.0 Å². The summed E-state index contributed by atoms with van der Waals surface area (Å²) < 4.78 is 26.0. The van der Waals surface area contributed by atoms with Crippen LogP contribution in [0.1, 0.15) is 10.4 Å². The largest absolute Gasteiger partial charge is 0.478 e. The highest BCUT2D eigenvalue weighted by molar-refractivity contribution is 7.91. The summed E-state index contributed by atoms with van der Waals surface area (Å²) in [7, 11) is -3.86. The topological polar surface area (TPSA) is 116 Å². The molecule has 116 valence electrons. The predicted octanol–water partition coefficient (Wildman–Crippen LogP) is -0.844. The number of thiophene rings is 1. The lowest BCUT2D eigenvalue weighted by Gasteiger charge is -2.27. The minimum Gasteiger partial charge on any atom is -0.478 e. The maximum absolute atomic E-state index is 12.0. The van der Waals surface area contributed by atoms with Crippen molar-refractivity contribution in [2.24, 2.45) is 0 Å². The molecule has 8 nitrogen and oxygen atoms in total. The second-order valence-corrected chi connectivity index (χ2v) is 7.32. The van der Waals surface area contributed by atoms with Crippen molar-refractivity contribution in [2.75, 3.05) is 32.7 Å². The van der Waals surface area contributed by atoms with E-state index in [1.54, 1.807) is 4.90 Å². The number of carboxylic acids is 1. The molecular weight excluding hydrogens is 318 g/mol. The second kappa shape index (κ2) is 6.52. The molecule has 0 unspecified atom stereocenters. The molecule has 21 heavy (non-hydrogen) atoms. The van der Waals surface area contributed by atoms with E-state index >= 15 is 0 Å². The van der Waals surface area contributed by atoms with Gasteiger partial charge < -0.3 is 15.3 Å². The Morgan fingerprint density at radius 2 is 2.05 bits per heavy atom. The highest BCUT2D eigenvalue weighted by atomic mass is 32.2. The first-order chi connectivity index (χ1) is 9.90. The summed E-state index contributed by atoms with van der Waals surface area (Å²) in [5.74, 6) is -1.49. The fourth-order valence-electron chi connectivity index (χ4n) is 1.82. The van der Waals surface area contributed by atoms with Crippen LogP contribution in [-0.2, 0) is 14.8 Å². The standard InChI is InChI=1S/C11H15N3O5S2/c15-9(14-3-1-12-2-4-14)6-13-21(18,19)10-5-8(7-20-10)11(16)17/h5,7,12-13H,1-4,6H2,(H,16,17). The van der Waals surface area contributed by atoms with Crippen LogP contribution in [0.25, 0.3) is 0 Å². The molecule has 0 bridgehead atoms. The molecule has 0 saturated carbocycles. The van der Waals surface area contributed by atoms with Crippen molar-refractivity contribution >= 4 is 33.2 Å². The van der Waals surface area contributed by atoms with Gasteiger partial charge in [0.15, 0.2) is 0 Å². The third-order valence-corrected chi connectivity index (χ3v) is 5.81. The number of piperazine rings is 1. The summed E-state index contributed by atoms with van der Waals surface area (Å²) in [6, 6.07) is 1.07. The van der Waals surface area contributed by atoms with Gasteiger partial charge in [-0.05, 0) is 6.07 Å². The van der Waals surface area contributed by atoms with Crippen molar-refractivity contribution in [3.63, 3.8) is 0 Å². The highest BCUT2D eigenvalue weighted by Gasteiger charge is 2.22. The molecule has 2 heterocycles. The Hall–Kier alpha value is -1.49. The van der Waals surface area contributed by atoms with Gasteiger partial charge in [0.1, 0.15) is 4.21 Å². The number of sulfonamides is 1. The zero-order valence-electron chi connectivity index (χ0n) is 11.0. The van der Waals surface area contributed by atoms with Gasteiger partial charge in [0, 0.05) is 31.6 Å². The molecule has 0 aliphatic carbocycles. The molecule has 1 aliphatic heterocycles. The lowest BCUT2D eigenvalue weighted by Crippen LogP contribution is -2.49. The Kier molecular flexibility index (Phi) is 4.93.